The molecular formula is C21H15ClFN3OS. The first-order valence-corrected chi connectivity index (χ1v) is 9.64. The van der Waals surface area contributed by atoms with Gasteiger partial charge in [-0.3, -0.25) is 4.79 Å². The number of nitrogens with zero attached hydrogens (tertiary/aromatic N) is 1. The zero-order valence-electron chi connectivity index (χ0n) is 14.8. The molecule has 4 rings (SSSR count). The van der Waals surface area contributed by atoms with E-state index in [1.165, 1.54) is 29.0 Å². The van der Waals surface area contributed by atoms with E-state index in [4.69, 9.17) is 17.3 Å². The van der Waals surface area contributed by atoms with E-state index in [1.807, 2.05) is 43.3 Å². The van der Waals surface area contributed by atoms with Gasteiger partial charge >= 0.3 is 0 Å². The van der Waals surface area contributed by atoms with E-state index in [1.54, 1.807) is 0 Å². The van der Waals surface area contributed by atoms with Crippen LogP contribution in [0.3, 0.4) is 0 Å². The highest BCUT2D eigenvalue weighted by molar-refractivity contribution is 7.21. The number of anilines is 2. The van der Waals surface area contributed by atoms with Gasteiger partial charge < -0.3 is 11.1 Å². The van der Waals surface area contributed by atoms with Crippen LogP contribution in [0.15, 0.2) is 54.6 Å². The Balaban J connectivity index is 1.68. The molecule has 0 fully saturated rings. The van der Waals surface area contributed by atoms with Gasteiger partial charge in [0.05, 0.1) is 17.1 Å². The minimum absolute atomic E-state index is 0.0413. The monoisotopic (exact) mass is 411 g/mol. The molecule has 2 aromatic carbocycles. The molecule has 0 aliphatic carbocycles. The minimum Gasteiger partial charge on any atom is -0.397 e. The van der Waals surface area contributed by atoms with Gasteiger partial charge in [0, 0.05) is 16.0 Å². The van der Waals surface area contributed by atoms with Crippen molar-refractivity contribution in [2.24, 2.45) is 0 Å². The van der Waals surface area contributed by atoms with E-state index >= 15 is 0 Å². The van der Waals surface area contributed by atoms with Crippen LogP contribution in [0.4, 0.5) is 15.8 Å². The standard InChI is InChI=1S/C21H15ClFN3OS/c1-11-2-4-12(5-3-11)16-9-7-14-18(24)19(28-21(14)26-16)20(27)25-17-8-6-13(22)10-15(17)23/h2-10H,24H2,1H3,(H,25,27). The fourth-order valence-corrected chi connectivity index (χ4v) is 3.97. The molecule has 2 heterocycles. The summed E-state index contributed by atoms with van der Waals surface area (Å²) in [6, 6.07) is 15.8. The maximum Gasteiger partial charge on any atom is 0.268 e. The predicted octanol–water partition coefficient (Wildman–Crippen LogP) is 5.90. The molecule has 28 heavy (non-hydrogen) atoms. The fourth-order valence-electron chi connectivity index (χ4n) is 2.82. The molecule has 140 valence electrons. The summed E-state index contributed by atoms with van der Waals surface area (Å²) in [7, 11) is 0. The molecule has 3 N–H and O–H groups in total. The van der Waals surface area contributed by atoms with Crippen molar-refractivity contribution < 1.29 is 9.18 Å². The third-order valence-corrected chi connectivity index (χ3v) is 5.68. The number of hydrogen-bond donors (Lipinski definition) is 2. The molecule has 2 aromatic heterocycles. The van der Waals surface area contributed by atoms with Gasteiger partial charge in [-0.25, -0.2) is 9.37 Å². The molecule has 0 saturated heterocycles. The Morgan fingerprint density at radius 3 is 2.61 bits per heavy atom. The molecule has 0 aliphatic heterocycles. The van der Waals surface area contributed by atoms with E-state index < -0.39 is 11.7 Å². The number of carbonyl (C=O) groups excluding carboxylic acids is 1. The van der Waals surface area contributed by atoms with Crippen LogP contribution in [0, 0.1) is 12.7 Å². The number of aromatic nitrogens is 1. The average Bonchev–Trinajstić information content (AvgIpc) is 3.01. The SMILES string of the molecule is Cc1ccc(-c2ccc3c(N)c(C(=O)Nc4ccc(Cl)cc4F)sc3n2)cc1. The van der Waals surface area contributed by atoms with Gasteiger partial charge in [0.15, 0.2) is 0 Å². The summed E-state index contributed by atoms with van der Waals surface area (Å²) in [5.74, 6) is -1.10. The van der Waals surface area contributed by atoms with Crippen LogP contribution in [0.2, 0.25) is 5.02 Å². The number of fused-ring (bicyclic) bond motifs is 1. The minimum atomic E-state index is -0.611. The zero-order chi connectivity index (χ0) is 19.8. The summed E-state index contributed by atoms with van der Waals surface area (Å²) in [5, 5.41) is 3.49. The smallest absolute Gasteiger partial charge is 0.268 e. The van der Waals surface area contributed by atoms with Gasteiger partial charge in [-0.1, -0.05) is 41.4 Å². The number of benzene rings is 2. The van der Waals surface area contributed by atoms with Crippen LogP contribution in [-0.2, 0) is 0 Å². The lowest BCUT2D eigenvalue weighted by Crippen LogP contribution is -2.13. The van der Waals surface area contributed by atoms with Gasteiger partial charge in [0.25, 0.3) is 5.91 Å². The molecule has 0 unspecified atom stereocenters. The van der Waals surface area contributed by atoms with E-state index in [2.05, 4.69) is 10.3 Å². The highest BCUT2D eigenvalue weighted by atomic mass is 35.5. The van der Waals surface area contributed by atoms with Crippen LogP contribution in [0.5, 0.6) is 0 Å². The van der Waals surface area contributed by atoms with Gasteiger partial charge in [0.2, 0.25) is 0 Å². The van der Waals surface area contributed by atoms with Gasteiger partial charge in [-0.2, -0.15) is 0 Å². The molecule has 0 radical (unpaired) electrons. The molecule has 0 saturated carbocycles. The number of thiophene rings is 1. The van der Waals surface area contributed by atoms with E-state index in [9.17, 15) is 9.18 Å². The Bertz CT molecular complexity index is 1200. The Morgan fingerprint density at radius 2 is 1.89 bits per heavy atom. The first kappa shape index (κ1) is 18.4. The molecule has 0 aliphatic rings. The number of nitrogen functional groups attached to an aromatic ring is 1. The number of halogens is 2. The number of nitrogens with two attached hydrogens (primary N) is 1. The maximum atomic E-state index is 14.0. The van der Waals surface area contributed by atoms with Crippen LogP contribution in [0.1, 0.15) is 15.2 Å². The second-order valence-electron chi connectivity index (χ2n) is 6.34. The normalized spacial score (nSPS) is 11.0. The number of pyridine rings is 1. The summed E-state index contributed by atoms with van der Waals surface area (Å²) in [5.41, 5.74) is 9.47. The van der Waals surface area contributed by atoms with Crippen LogP contribution in [0.25, 0.3) is 21.5 Å². The maximum absolute atomic E-state index is 14.0. The topological polar surface area (TPSA) is 68.0 Å². The van der Waals surface area contributed by atoms with Crippen molar-refractivity contribution in [2.45, 2.75) is 6.92 Å². The van der Waals surface area contributed by atoms with Crippen molar-refractivity contribution in [3.63, 3.8) is 0 Å². The lowest BCUT2D eigenvalue weighted by Gasteiger charge is -2.05. The molecular weight excluding hydrogens is 397 g/mol. The van der Waals surface area contributed by atoms with Crippen LogP contribution >= 0.6 is 22.9 Å². The van der Waals surface area contributed by atoms with Gasteiger partial charge in [-0.15, -0.1) is 11.3 Å². The second kappa shape index (κ2) is 7.22. The quantitative estimate of drug-likeness (QED) is 0.441. The van der Waals surface area contributed by atoms with Gasteiger partial charge in [-0.05, 0) is 37.3 Å². The second-order valence-corrected chi connectivity index (χ2v) is 7.77. The summed E-state index contributed by atoms with van der Waals surface area (Å²) in [6.07, 6.45) is 0. The number of aryl methyl sites for hydroxylation is 1. The number of hydrogen-bond acceptors (Lipinski definition) is 4. The molecule has 1 amide bonds. The Labute approximate surface area is 169 Å². The van der Waals surface area contributed by atoms with Crippen molar-refractivity contribution >= 4 is 50.4 Å². The number of carbonyl (C=O) groups is 1. The van der Waals surface area contributed by atoms with Crippen LogP contribution in [-0.4, -0.2) is 10.9 Å². The van der Waals surface area contributed by atoms with Crippen LogP contribution < -0.4 is 11.1 Å². The summed E-state index contributed by atoms with van der Waals surface area (Å²) in [4.78, 5) is 18.2. The summed E-state index contributed by atoms with van der Waals surface area (Å²) >= 11 is 6.92. The van der Waals surface area contributed by atoms with Crippen molar-refractivity contribution in [3.05, 3.63) is 75.9 Å². The average molecular weight is 412 g/mol. The van der Waals surface area contributed by atoms with Crippen molar-refractivity contribution in [2.75, 3.05) is 11.1 Å². The lowest BCUT2D eigenvalue weighted by molar-refractivity contribution is 0.103. The molecule has 0 spiro atoms. The predicted molar refractivity (Wildman–Crippen MR) is 114 cm³/mol. The zero-order valence-corrected chi connectivity index (χ0v) is 16.4. The highest BCUT2D eigenvalue weighted by Gasteiger charge is 2.19. The van der Waals surface area contributed by atoms with E-state index in [-0.39, 0.29) is 15.6 Å². The number of amides is 1. The molecule has 4 nitrogen and oxygen atoms in total. The highest BCUT2D eigenvalue weighted by Crippen LogP contribution is 2.35. The molecule has 0 atom stereocenters. The Kier molecular flexibility index (Phi) is 4.75. The lowest BCUT2D eigenvalue weighted by atomic mass is 10.1. The van der Waals surface area contributed by atoms with Crippen molar-refractivity contribution in [3.8, 4) is 11.3 Å². The summed E-state index contributed by atoms with van der Waals surface area (Å²) < 4.78 is 14.0. The fraction of sp³-hybridized carbons (Fsp3) is 0.0476. The molecule has 4 aromatic rings. The molecule has 0 bridgehead atoms. The van der Waals surface area contributed by atoms with Crippen molar-refractivity contribution in [1.29, 1.82) is 0 Å². The number of rotatable bonds is 3. The van der Waals surface area contributed by atoms with E-state index in [0.29, 0.717) is 15.9 Å². The first-order chi connectivity index (χ1) is 13.4. The van der Waals surface area contributed by atoms with Crippen molar-refractivity contribution in [1.82, 2.24) is 4.98 Å². The Hall–Kier alpha value is -2.96. The number of nitrogens with one attached hydrogen (secondary N) is 1. The third kappa shape index (κ3) is 3.44. The largest absolute Gasteiger partial charge is 0.397 e. The van der Waals surface area contributed by atoms with Gasteiger partial charge in [0.1, 0.15) is 15.5 Å². The Morgan fingerprint density at radius 1 is 1.14 bits per heavy atom. The first-order valence-electron chi connectivity index (χ1n) is 8.45. The summed E-state index contributed by atoms with van der Waals surface area (Å²) in [6.45, 7) is 2.02. The van der Waals surface area contributed by atoms with E-state index in [0.717, 1.165) is 17.3 Å². The third-order valence-electron chi connectivity index (χ3n) is 4.33. The molecule has 7 heteroatoms.